The molecule has 0 aliphatic carbocycles. The summed E-state index contributed by atoms with van der Waals surface area (Å²) in [4.78, 5) is 72.9. The van der Waals surface area contributed by atoms with E-state index >= 15 is 0 Å². The summed E-state index contributed by atoms with van der Waals surface area (Å²) in [5.74, 6) is 0. The Bertz CT molecular complexity index is 202. The molecule has 0 bridgehead atoms. The maximum absolute atomic E-state index is 8.66. The Hall–Kier alpha value is 1.02. The first-order valence-electron chi connectivity index (χ1n) is 2.24. The zero-order valence-electron chi connectivity index (χ0n) is 6.77. The molecule has 0 unspecified atom stereocenters. The van der Waals surface area contributed by atoms with Gasteiger partial charge in [0, 0.05) is 21.1 Å². The quantitative estimate of drug-likeness (QED) is 0.279. The normalized spacial score (nSPS) is 11.1. The summed E-state index contributed by atoms with van der Waals surface area (Å²) in [6.07, 6.45) is 0. The second kappa shape index (κ2) is 9.99. The van der Waals surface area contributed by atoms with Gasteiger partial charge in [0.05, 0.1) is 23.5 Å². The van der Waals surface area contributed by atoms with E-state index in [1.165, 1.54) is 0 Å². The molecule has 0 aromatic heterocycles. The minimum Gasteiger partial charge on any atom is -0.790 e. The topological polar surface area (TPSA) is 250 Å². The summed E-state index contributed by atoms with van der Waals surface area (Å²) in [7, 11) is -15.4. The van der Waals surface area contributed by atoms with E-state index in [-0.39, 0.29) is 21.1 Å². The van der Waals surface area contributed by atoms with Crippen molar-refractivity contribution in [3.05, 3.63) is 0 Å². The van der Waals surface area contributed by atoms with Gasteiger partial charge in [-0.05, 0) is 0 Å². The molecule has 3 N–H and O–H groups in total. The molecule has 0 spiro atoms. The molecule has 102 valence electrons. The van der Waals surface area contributed by atoms with Crippen LogP contribution in [0, 0.1) is 0 Å². The Balaban J connectivity index is -0.0000000655. The van der Waals surface area contributed by atoms with Crippen LogP contribution < -0.4 is 29.4 Å². The van der Waals surface area contributed by atoms with Crippen LogP contribution >= 0.6 is 23.5 Å². The molecule has 0 fully saturated rings. The SMILES string of the molecule is O=P([O-])([O-])O.O=P([O-])([O-])O.O=P([O-])([O-])O.[W]. The average molecular weight is 472 g/mol. The molecule has 12 nitrogen and oxygen atoms in total. The van der Waals surface area contributed by atoms with E-state index in [2.05, 4.69) is 0 Å². The van der Waals surface area contributed by atoms with Gasteiger partial charge in [-0.25, -0.2) is 0 Å². The summed E-state index contributed by atoms with van der Waals surface area (Å²) in [6, 6.07) is 0. The van der Waals surface area contributed by atoms with Gasteiger partial charge in [0.15, 0.2) is 0 Å². The Morgan fingerprint density at radius 3 is 0.562 bits per heavy atom. The predicted octanol–water partition coefficient (Wildman–Crippen LogP) is -6.58. The van der Waals surface area contributed by atoms with E-state index < -0.39 is 23.5 Å². The smallest absolute Gasteiger partial charge is 0.0557 e. The number of hydrogen-bond acceptors (Lipinski definition) is 9. The molecule has 0 saturated heterocycles. The fourth-order valence-electron chi connectivity index (χ4n) is 0. The van der Waals surface area contributed by atoms with Crippen LogP contribution in [0.4, 0.5) is 0 Å². The summed E-state index contributed by atoms with van der Waals surface area (Å²) in [5, 5.41) is 0. The van der Waals surface area contributed by atoms with Gasteiger partial charge in [0.25, 0.3) is 0 Å². The van der Waals surface area contributed by atoms with E-state index in [0.29, 0.717) is 0 Å². The number of phosphoric acid groups is 3. The zero-order valence-corrected chi connectivity index (χ0v) is 12.4. The fraction of sp³-hybridized carbons (Fsp3) is 0. The maximum atomic E-state index is 8.66. The standard InChI is InChI=1S/3H3O4P.W/c3*1-5(2,3)4;/h3*(H3,1,2,3,4);/p-6. The van der Waals surface area contributed by atoms with Crippen LogP contribution in [0.1, 0.15) is 0 Å². The molecule has 0 amide bonds. The summed E-state index contributed by atoms with van der Waals surface area (Å²) >= 11 is 0. The van der Waals surface area contributed by atoms with Crippen LogP contribution in [0.2, 0.25) is 0 Å². The van der Waals surface area contributed by atoms with Crippen LogP contribution in [0.15, 0.2) is 0 Å². The van der Waals surface area contributed by atoms with Gasteiger partial charge in [-0.3, -0.25) is 0 Å². The van der Waals surface area contributed by atoms with E-state index in [4.69, 9.17) is 57.7 Å². The van der Waals surface area contributed by atoms with Crippen LogP contribution in [0.5, 0.6) is 0 Å². The summed E-state index contributed by atoms with van der Waals surface area (Å²) < 4.78 is 26.0. The number of hydrogen-bond donors (Lipinski definition) is 3. The van der Waals surface area contributed by atoms with Crippen LogP contribution in [-0.4, -0.2) is 14.7 Å². The van der Waals surface area contributed by atoms with Crippen molar-refractivity contribution in [2.24, 2.45) is 0 Å². The van der Waals surface area contributed by atoms with Crippen molar-refractivity contribution < 1.29 is 78.8 Å². The van der Waals surface area contributed by atoms with Crippen molar-refractivity contribution in [1.29, 1.82) is 0 Å². The largest absolute Gasteiger partial charge is 0.790 e. The van der Waals surface area contributed by atoms with Gasteiger partial charge < -0.3 is 57.7 Å². The molecule has 0 aliphatic rings. The second-order valence-corrected chi connectivity index (χ2v) is 4.22. The van der Waals surface area contributed by atoms with Crippen molar-refractivity contribution in [3.63, 3.8) is 0 Å². The van der Waals surface area contributed by atoms with E-state index in [1.54, 1.807) is 0 Å². The first-order chi connectivity index (χ1) is 6.00. The van der Waals surface area contributed by atoms with Crippen LogP contribution in [0.25, 0.3) is 0 Å². The summed E-state index contributed by atoms with van der Waals surface area (Å²) in [6.45, 7) is 0. The first kappa shape index (κ1) is 25.8. The molecular formula is H3O12P3W-6. The third-order valence-corrected chi connectivity index (χ3v) is 0. The van der Waals surface area contributed by atoms with Crippen molar-refractivity contribution in [3.8, 4) is 0 Å². The van der Waals surface area contributed by atoms with Gasteiger partial charge in [0.1, 0.15) is 0 Å². The van der Waals surface area contributed by atoms with Gasteiger partial charge in [-0.1, -0.05) is 0 Å². The van der Waals surface area contributed by atoms with Crippen molar-refractivity contribution in [2.45, 2.75) is 0 Å². The molecule has 0 heterocycles. The Kier molecular flexibility index (Phi) is 16.1. The molecule has 0 aromatic rings. The van der Waals surface area contributed by atoms with Gasteiger partial charge in [-0.15, -0.1) is 0 Å². The predicted molar refractivity (Wildman–Crippen MR) is 29.5 cm³/mol. The van der Waals surface area contributed by atoms with Gasteiger partial charge in [0.2, 0.25) is 0 Å². The van der Waals surface area contributed by atoms with Crippen LogP contribution in [-0.2, 0) is 34.8 Å². The zero-order chi connectivity index (χ0) is 13.5. The second-order valence-electron chi connectivity index (χ2n) is 1.41. The first-order valence-corrected chi connectivity index (χ1v) is 6.73. The number of rotatable bonds is 0. The van der Waals surface area contributed by atoms with Gasteiger partial charge >= 0.3 is 0 Å². The van der Waals surface area contributed by atoms with Crippen LogP contribution in [0.3, 0.4) is 0 Å². The Morgan fingerprint density at radius 2 is 0.562 bits per heavy atom. The monoisotopic (exact) mass is 472 g/mol. The van der Waals surface area contributed by atoms with E-state index in [0.717, 1.165) is 0 Å². The van der Waals surface area contributed by atoms with Crippen molar-refractivity contribution in [2.75, 3.05) is 0 Å². The molecule has 0 aromatic carbocycles. The van der Waals surface area contributed by atoms with E-state index in [1.807, 2.05) is 0 Å². The summed E-state index contributed by atoms with van der Waals surface area (Å²) in [5.41, 5.74) is 0. The minimum atomic E-state index is -5.14. The third kappa shape index (κ3) is 2850. The molecule has 0 atom stereocenters. The van der Waals surface area contributed by atoms with E-state index in [9.17, 15) is 0 Å². The Labute approximate surface area is 103 Å². The molecular weight excluding hydrogens is 469 g/mol. The molecule has 0 radical (unpaired) electrons. The Morgan fingerprint density at radius 1 is 0.562 bits per heavy atom. The molecule has 0 aliphatic heterocycles. The minimum absolute atomic E-state index is 0. The van der Waals surface area contributed by atoms with Gasteiger partial charge in [-0.2, -0.15) is 0 Å². The molecule has 0 saturated carbocycles. The molecule has 16 heavy (non-hydrogen) atoms. The maximum Gasteiger partial charge on any atom is 0.0557 e. The molecule has 16 heteroatoms. The van der Waals surface area contributed by atoms with Crippen molar-refractivity contribution >= 4 is 23.5 Å². The third-order valence-electron chi connectivity index (χ3n) is 0. The molecule has 0 rings (SSSR count). The fourth-order valence-corrected chi connectivity index (χ4v) is 0. The van der Waals surface area contributed by atoms with Crippen molar-refractivity contribution in [1.82, 2.24) is 0 Å². The average Bonchev–Trinajstić information content (AvgIpc) is 1.41.